The van der Waals surface area contributed by atoms with E-state index in [1.807, 2.05) is 27.7 Å². The van der Waals surface area contributed by atoms with Crippen LogP contribution in [0, 0.1) is 5.82 Å². The normalized spacial score (nSPS) is 16.7. The fourth-order valence-corrected chi connectivity index (χ4v) is 3.00. The summed E-state index contributed by atoms with van der Waals surface area (Å²) in [7, 11) is 2.63. The predicted molar refractivity (Wildman–Crippen MR) is 119 cm³/mol. The Labute approximate surface area is 182 Å². The molecule has 3 rings (SSSR count). The minimum Gasteiger partial charge on any atom is -0.399 e. The van der Waals surface area contributed by atoms with E-state index in [1.54, 1.807) is 44.4 Å². The monoisotopic (exact) mass is 427 g/mol. The van der Waals surface area contributed by atoms with Crippen LogP contribution >= 0.6 is 0 Å². The molecule has 0 radical (unpaired) electrons. The highest BCUT2D eigenvalue weighted by atomic mass is 19.1. The number of urea groups is 1. The number of benzene rings is 2. The molecular weight excluding hydrogens is 400 g/mol. The van der Waals surface area contributed by atoms with Crippen LogP contribution in [0.4, 0.5) is 20.6 Å². The maximum Gasteiger partial charge on any atom is 0.494 e. The highest BCUT2D eigenvalue weighted by Gasteiger charge is 2.51. The third-order valence-electron chi connectivity index (χ3n) is 5.56. The quantitative estimate of drug-likeness (QED) is 0.733. The first-order valence-electron chi connectivity index (χ1n) is 9.94. The van der Waals surface area contributed by atoms with Crippen LogP contribution in [0.3, 0.4) is 0 Å². The molecule has 0 bridgehead atoms. The molecule has 31 heavy (non-hydrogen) atoms. The van der Waals surface area contributed by atoms with Crippen molar-refractivity contribution in [1.82, 2.24) is 4.90 Å². The van der Waals surface area contributed by atoms with Crippen molar-refractivity contribution in [2.24, 2.45) is 0 Å². The Morgan fingerprint density at radius 1 is 0.935 bits per heavy atom. The largest absolute Gasteiger partial charge is 0.494 e. The Hall–Kier alpha value is -2.91. The minimum atomic E-state index is -0.689. The first kappa shape index (κ1) is 22.8. The van der Waals surface area contributed by atoms with Crippen LogP contribution in [0.2, 0.25) is 0 Å². The lowest BCUT2D eigenvalue weighted by Gasteiger charge is -2.32. The van der Waals surface area contributed by atoms with Crippen molar-refractivity contribution in [3.8, 4) is 0 Å². The second-order valence-corrected chi connectivity index (χ2v) is 8.68. The standard InChI is InChI=1S/C22H27BFN3O4/c1-21(2)22(3,4)31-23(30-21)15-9-12-18(17(24)13-15)26-20(29)25-16-10-7-14(8-11-16)19(28)27(5)6/h7-13H,1-6H3,(H2,25,26,29). The van der Waals surface area contributed by atoms with Gasteiger partial charge < -0.3 is 24.8 Å². The van der Waals surface area contributed by atoms with Gasteiger partial charge in [-0.25, -0.2) is 9.18 Å². The lowest BCUT2D eigenvalue weighted by atomic mass is 9.79. The molecule has 9 heteroatoms. The van der Waals surface area contributed by atoms with Crippen molar-refractivity contribution >= 4 is 35.9 Å². The molecule has 1 saturated heterocycles. The zero-order chi connectivity index (χ0) is 23.0. The maximum atomic E-state index is 14.6. The van der Waals surface area contributed by atoms with E-state index in [0.29, 0.717) is 16.7 Å². The smallest absolute Gasteiger partial charge is 0.399 e. The molecule has 1 aliphatic rings. The molecule has 164 valence electrons. The second kappa shape index (κ2) is 8.32. The molecule has 1 aliphatic heterocycles. The number of nitrogens with one attached hydrogen (secondary N) is 2. The summed E-state index contributed by atoms with van der Waals surface area (Å²) in [6, 6.07) is 10.2. The van der Waals surface area contributed by atoms with Gasteiger partial charge in [0.15, 0.2) is 0 Å². The fourth-order valence-electron chi connectivity index (χ4n) is 3.00. The third-order valence-corrected chi connectivity index (χ3v) is 5.56. The second-order valence-electron chi connectivity index (χ2n) is 8.68. The number of nitrogens with zero attached hydrogens (tertiary/aromatic N) is 1. The van der Waals surface area contributed by atoms with Crippen molar-refractivity contribution in [3.05, 3.63) is 53.8 Å². The molecule has 0 aliphatic carbocycles. The molecule has 3 amide bonds. The Morgan fingerprint density at radius 3 is 2.03 bits per heavy atom. The van der Waals surface area contributed by atoms with Gasteiger partial charge in [0.1, 0.15) is 5.82 Å². The molecule has 2 N–H and O–H groups in total. The van der Waals surface area contributed by atoms with Crippen molar-refractivity contribution in [2.75, 3.05) is 24.7 Å². The fraction of sp³-hybridized carbons (Fsp3) is 0.364. The van der Waals surface area contributed by atoms with Gasteiger partial charge in [0, 0.05) is 25.3 Å². The van der Waals surface area contributed by atoms with Gasteiger partial charge in [-0.3, -0.25) is 4.79 Å². The Kier molecular flexibility index (Phi) is 6.11. The number of amides is 3. The van der Waals surface area contributed by atoms with Gasteiger partial charge in [-0.15, -0.1) is 0 Å². The van der Waals surface area contributed by atoms with E-state index in [4.69, 9.17) is 9.31 Å². The summed E-state index contributed by atoms with van der Waals surface area (Å²) in [6.07, 6.45) is 0. The van der Waals surface area contributed by atoms with Gasteiger partial charge in [-0.2, -0.15) is 0 Å². The lowest BCUT2D eigenvalue weighted by molar-refractivity contribution is 0.00578. The van der Waals surface area contributed by atoms with E-state index < -0.39 is 30.2 Å². The summed E-state index contributed by atoms with van der Waals surface area (Å²) in [5.41, 5.74) is 0.470. The van der Waals surface area contributed by atoms with Crippen molar-refractivity contribution in [1.29, 1.82) is 0 Å². The maximum absolute atomic E-state index is 14.6. The van der Waals surface area contributed by atoms with Gasteiger partial charge in [-0.1, -0.05) is 6.07 Å². The molecule has 1 heterocycles. The Morgan fingerprint density at radius 2 is 1.52 bits per heavy atom. The van der Waals surface area contributed by atoms with E-state index in [-0.39, 0.29) is 11.6 Å². The Balaban J connectivity index is 1.64. The number of rotatable bonds is 4. The zero-order valence-corrected chi connectivity index (χ0v) is 18.6. The highest BCUT2D eigenvalue weighted by molar-refractivity contribution is 6.62. The summed E-state index contributed by atoms with van der Waals surface area (Å²) in [6.45, 7) is 7.69. The van der Waals surface area contributed by atoms with Crippen LogP contribution in [0.1, 0.15) is 38.1 Å². The van der Waals surface area contributed by atoms with Crippen LogP contribution < -0.4 is 16.1 Å². The number of anilines is 2. The summed E-state index contributed by atoms with van der Waals surface area (Å²) in [5.74, 6) is -0.741. The van der Waals surface area contributed by atoms with Gasteiger partial charge >= 0.3 is 13.1 Å². The number of hydrogen-bond acceptors (Lipinski definition) is 4. The molecular formula is C22H27BFN3O4. The van der Waals surface area contributed by atoms with Gasteiger partial charge in [-0.05, 0) is 69.6 Å². The zero-order valence-electron chi connectivity index (χ0n) is 18.6. The summed E-state index contributed by atoms with van der Waals surface area (Å²) in [5, 5.41) is 5.10. The van der Waals surface area contributed by atoms with Crippen molar-refractivity contribution < 1.29 is 23.3 Å². The van der Waals surface area contributed by atoms with E-state index in [0.717, 1.165) is 0 Å². The van der Waals surface area contributed by atoms with E-state index in [2.05, 4.69) is 10.6 Å². The average molecular weight is 427 g/mol. The molecule has 0 aromatic heterocycles. The lowest BCUT2D eigenvalue weighted by Crippen LogP contribution is -2.41. The van der Waals surface area contributed by atoms with E-state index in [9.17, 15) is 14.0 Å². The SMILES string of the molecule is CN(C)C(=O)c1ccc(NC(=O)Nc2ccc(B3OC(C)(C)C(C)(C)O3)cc2F)cc1. The number of halogens is 1. The van der Waals surface area contributed by atoms with Crippen LogP contribution in [-0.2, 0) is 9.31 Å². The summed E-state index contributed by atoms with van der Waals surface area (Å²) < 4.78 is 26.5. The third kappa shape index (κ3) is 4.89. The topological polar surface area (TPSA) is 79.9 Å². The van der Waals surface area contributed by atoms with Crippen LogP contribution in [0.15, 0.2) is 42.5 Å². The number of carbonyl (C=O) groups excluding carboxylic acids is 2. The first-order chi connectivity index (χ1) is 14.4. The number of carbonyl (C=O) groups is 2. The molecule has 2 aromatic carbocycles. The van der Waals surface area contributed by atoms with E-state index in [1.165, 1.54) is 17.0 Å². The number of hydrogen-bond donors (Lipinski definition) is 2. The molecule has 0 saturated carbocycles. The predicted octanol–water partition coefficient (Wildman–Crippen LogP) is 3.47. The highest BCUT2D eigenvalue weighted by Crippen LogP contribution is 2.36. The van der Waals surface area contributed by atoms with Gasteiger partial charge in [0.2, 0.25) is 0 Å². The molecule has 1 fully saturated rings. The van der Waals surface area contributed by atoms with Gasteiger partial charge in [0.25, 0.3) is 5.91 Å². The first-order valence-corrected chi connectivity index (χ1v) is 9.94. The summed E-state index contributed by atoms with van der Waals surface area (Å²) >= 11 is 0. The molecule has 0 atom stereocenters. The van der Waals surface area contributed by atoms with Crippen LogP contribution in [0.5, 0.6) is 0 Å². The summed E-state index contributed by atoms with van der Waals surface area (Å²) in [4.78, 5) is 25.6. The average Bonchev–Trinajstić information content (AvgIpc) is 2.90. The molecule has 0 unspecified atom stereocenters. The molecule has 0 spiro atoms. The Bertz CT molecular complexity index is 977. The van der Waals surface area contributed by atoms with E-state index >= 15 is 0 Å². The van der Waals surface area contributed by atoms with Crippen molar-refractivity contribution in [2.45, 2.75) is 38.9 Å². The minimum absolute atomic E-state index is 0.0252. The van der Waals surface area contributed by atoms with Crippen LogP contribution in [-0.4, -0.2) is 49.3 Å². The van der Waals surface area contributed by atoms with Crippen LogP contribution in [0.25, 0.3) is 0 Å². The van der Waals surface area contributed by atoms with Gasteiger partial charge in [0.05, 0.1) is 16.9 Å². The molecule has 7 nitrogen and oxygen atoms in total. The molecule has 2 aromatic rings. The van der Waals surface area contributed by atoms with Crippen molar-refractivity contribution in [3.63, 3.8) is 0 Å².